The number of hydrogen-bond donors (Lipinski definition) is 0. The monoisotopic (exact) mass is 315 g/mol. The first-order valence-corrected chi connectivity index (χ1v) is 9.61. The lowest BCUT2D eigenvalue weighted by molar-refractivity contribution is 0.100. The highest BCUT2D eigenvalue weighted by molar-refractivity contribution is 5.39. The highest BCUT2D eigenvalue weighted by Gasteiger charge is 2.25. The first kappa shape index (κ1) is 16.8. The van der Waals surface area contributed by atoms with Crippen molar-refractivity contribution in [3.05, 3.63) is 29.3 Å². The predicted molar refractivity (Wildman–Crippen MR) is 97.4 cm³/mol. The molecule has 0 spiro atoms. The highest BCUT2D eigenvalue weighted by atomic mass is 16.5. The Kier molecular flexibility index (Phi) is 5.63. The van der Waals surface area contributed by atoms with Crippen molar-refractivity contribution in [3.63, 3.8) is 0 Å². The van der Waals surface area contributed by atoms with Gasteiger partial charge in [0.25, 0.3) is 0 Å². The zero-order chi connectivity index (χ0) is 16.2. The van der Waals surface area contributed by atoms with Crippen molar-refractivity contribution in [1.82, 2.24) is 4.90 Å². The van der Waals surface area contributed by atoms with Crippen molar-refractivity contribution in [2.45, 2.75) is 83.2 Å². The number of ether oxygens (including phenoxy) is 1. The molecule has 23 heavy (non-hydrogen) atoms. The van der Waals surface area contributed by atoms with Crippen LogP contribution in [0.15, 0.2) is 18.2 Å². The van der Waals surface area contributed by atoms with Gasteiger partial charge in [0.15, 0.2) is 0 Å². The number of benzene rings is 1. The van der Waals surface area contributed by atoms with E-state index in [0.717, 1.165) is 23.8 Å². The van der Waals surface area contributed by atoms with E-state index in [2.05, 4.69) is 36.9 Å². The van der Waals surface area contributed by atoms with E-state index in [0.29, 0.717) is 0 Å². The average Bonchev–Trinajstić information content (AvgIpc) is 2.57. The molecule has 1 aromatic rings. The third-order valence-electron chi connectivity index (χ3n) is 6.13. The normalized spacial score (nSPS) is 28.4. The molecule has 1 heterocycles. The lowest BCUT2D eigenvalue weighted by Crippen LogP contribution is -2.44. The Morgan fingerprint density at radius 3 is 2.61 bits per heavy atom. The first-order valence-electron chi connectivity index (χ1n) is 9.61. The summed E-state index contributed by atoms with van der Waals surface area (Å²) < 4.78 is 5.39. The Labute approximate surface area is 142 Å². The summed E-state index contributed by atoms with van der Waals surface area (Å²) in [5, 5.41) is 0. The molecule has 2 nitrogen and oxygen atoms in total. The van der Waals surface area contributed by atoms with Crippen molar-refractivity contribution >= 4 is 0 Å². The molecule has 0 radical (unpaired) electrons. The summed E-state index contributed by atoms with van der Waals surface area (Å²) in [5.74, 6) is 1.78. The number of rotatable bonds is 5. The van der Waals surface area contributed by atoms with E-state index in [1.807, 2.05) is 0 Å². The van der Waals surface area contributed by atoms with Crippen molar-refractivity contribution in [2.24, 2.45) is 0 Å². The second-order valence-corrected chi connectivity index (χ2v) is 7.66. The largest absolute Gasteiger partial charge is 0.497 e. The molecule has 1 aliphatic carbocycles. The van der Waals surface area contributed by atoms with Crippen LogP contribution in [0, 0.1) is 0 Å². The molecule has 1 aliphatic heterocycles. The maximum absolute atomic E-state index is 5.39. The Hall–Kier alpha value is -1.02. The van der Waals surface area contributed by atoms with Gasteiger partial charge < -0.3 is 4.74 Å². The van der Waals surface area contributed by atoms with Crippen LogP contribution in [-0.4, -0.2) is 30.6 Å². The Balaban J connectivity index is 1.57. The van der Waals surface area contributed by atoms with Crippen LogP contribution in [0.2, 0.25) is 0 Å². The lowest BCUT2D eigenvalue weighted by Gasteiger charge is -2.39. The molecular formula is C21H33NO. The molecule has 1 unspecified atom stereocenters. The molecular weight excluding hydrogens is 282 g/mol. The molecule has 2 aliphatic rings. The summed E-state index contributed by atoms with van der Waals surface area (Å²) in [7, 11) is 1.77. The van der Waals surface area contributed by atoms with Crippen LogP contribution in [-0.2, 0) is 6.42 Å². The smallest absolute Gasteiger partial charge is 0.119 e. The molecule has 0 amide bonds. The molecule has 3 rings (SSSR count). The van der Waals surface area contributed by atoms with E-state index in [1.165, 1.54) is 63.5 Å². The standard InChI is InChI=1S/C21H33NO/c1-16-7-4-8-17(2)22(16)14-6-11-18-9-5-10-19-15-20(23-3)12-13-21(18)19/h12-13,15-18H,4-11,14H2,1-3H3/t16-,17+,18?. The summed E-state index contributed by atoms with van der Waals surface area (Å²) in [5.41, 5.74) is 3.12. The van der Waals surface area contributed by atoms with Gasteiger partial charge in [0.1, 0.15) is 5.75 Å². The van der Waals surface area contributed by atoms with Gasteiger partial charge in [0, 0.05) is 12.1 Å². The maximum atomic E-state index is 5.39. The zero-order valence-corrected chi connectivity index (χ0v) is 15.2. The number of aryl methyl sites for hydroxylation is 1. The number of fused-ring (bicyclic) bond motifs is 1. The highest BCUT2D eigenvalue weighted by Crippen LogP contribution is 2.36. The van der Waals surface area contributed by atoms with Crippen LogP contribution < -0.4 is 4.74 Å². The molecule has 0 saturated carbocycles. The summed E-state index contributed by atoms with van der Waals surface area (Å²) in [6.45, 7) is 6.11. The molecule has 0 N–H and O–H groups in total. The molecule has 128 valence electrons. The Morgan fingerprint density at radius 1 is 1.09 bits per heavy atom. The van der Waals surface area contributed by atoms with Crippen molar-refractivity contribution in [3.8, 4) is 5.75 Å². The van der Waals surface area contributed by atoms with Crippen LogP contribution in [0.5, 0.6) is 5.75 Å². The maximum Gasteiger partial charge on any atom is 0.119 e. The predicted octanol–water partition coefficient (Wildman–Crippen LogP) is 5.16. The van der Waals surface area contributed by atoms with Gasteiger partial charge in [-0.2, -0.15) is 0 Å². The van der Waals surface area contributed by atoms with Gasteiger partial charge >= 0.3 is 0 Å². The van der Waals surface area contributed by atoms with Crippen LogP contribution in [0.4, 0.5) is 0 Å². The SMILES string of the molecule is COc1ccc2c(c1)CCCC2CCCN1[C@H](C)CCC[C@@H]1C. The summed E-state index contributed by atoms with van der Waals surface area (Å²) in [4.78, 5) is 2.75. The number of likely N-dealkylation sites (tertiary alicyclic amines) is 1. The summed E-state index contributed by atoms with van der Waals surface area (Å²) in [6, 6.07) is 8.29. The fraction of sp³-hybridized carbons (Fsp3) is 0.714. The number of nitrogens with zero attached hydrogens (tertiary/aromatic N) is 1. The fourth-order valence-electron chi connectivity index (χ4n) is 4.75. The molecule has 3 atom stereocenters. The molecule has 1 aromatic carbocycles. The molecule has 0 bridgehead atoms. The molecule has 0 aromatic heterocycles. The van der Waals surface area contributed by atoms with Crippen molar-refractivity contribution < 1.29 is 4.74 Å². The van der Waals surface area contributed by atoms with E-state index in [1.54, 1.807) is 12.7 Å². The second kappa shape index (κ2) is 7.70. The van der Waals surface area contributed by atoms with E-state index in [4.69, 9.17) is 4.74 Å². The van der Waals surface area contributed by atoms with E-state index in [-0.39, 0.29) is 0 Å². The van der Waals surface area contributed by atoms with Crippen LogP contribution >= 0.6 is 0 Å². The van der Waals surface area contributed by atoms with Gasteiger partial charge in [-0.3, -0.25) is 4.90 Å². The Morgan fingerprint density at radius 2 is 1.87 bits per heavy atom. The first-order chi connectivity index (χ1) is 11.2. The minimum atomic E-state index is 0.764. The average molecular weight is 316 g/mol. The fourth-order valence-corrected chi connectivity index (χ4v) is 4.75. The second-order valence-electron chi connectivity index (χ2n) is 7.66. The van der Waals surface area contributed by atoms with E-state index in [9.17, 15) is 0 Å². The third kappa shape index (κ3) is 3.91. The van der Waals surface area contributed by atoms with Crippen LogP contribution in [0.1, 0.15) is 75.8 Å². The Bertz CT molecular complexity index is 503. The van der Waals surface area contributed by atoms with E-state index < -0.39 is 0 Å². The van der Waals surface area contributed by atoms with Gasteiger partial charge in [-0.15, -0.1) is 0 Å². The quantitative estimate of drug-likeness (QED) is 0.744. The van der Waals surface area contributed by atoms with Gasteiger partial charge in [-0.25, -0.2) is 0 Å². The minimum Gasteiger partial charge on any atom is -0.497 e. The van der Waals surface area contributed by atoms with Gasteiger partial charge in [0.2, 0.25) is 0 Å². The minimum absolute atomic E-state index is 0.764. The van der Waals surface area contributed by atoms with Gasteiger partial charge in [0.05, 0.1) is 7.11 Å². The third-order valence-corrected chi connectivity index (χ3v) is 6.13. The van der Waals surface area contributed by atoms with Crippen LogP contribution in [0.3, 0.4) is 0 Å². The van der Waals surface area contributed by atoms with Gasteiger partial charge in [-0.05, 0) is 94.5 Å². The van der Waals surface area contributed by atoms with Crippen LogP contribution in [0.25, 0.3) is 0 Å². The summed E-state index contributed by atoms with van der Waals surface area (Å²) >= 11 is 0. The van der Waals surface area contributed by atoms with Crippen molar-refractivity contribution in [2.75, 3.05) is 13.7 Å². The number of methoxy groups -OCH3 is 1. The molecule has 2 heteroatoms. The molecule has 1 saturated heterocycles. The topological polar surface area (TPSA) is 12.5 Å². The van der Waals surface area contributed by atoms with Gasteiger partial charge in [-0.1, -0.05) is 12.5 Å². The summed E-state index contributed by atoms with van der Waals surface area (Å²) in [6.07, 6.45) is 10.8. The number of hydrogen-bond acceptors (Lipinski definition) is 2. The number of piperidine rings is 1. The van der Waals surface area contributed by atoms with E-state index >= 15 is 0 Å². The lowest BCUT2D eigenvalue weighted by atomic mass is 9.80. The van der Waals surface area contributed by atoms with Crippen molar-refractivity contribution in [1.29, 1.82) is 0 Å². The molecule has 1 fully saturated rings. The zero-order valence-electron chi connectivity index (χ0n) is 15.2.